The van der Waals surface area contributed by atoms with Crippen LogP contribution in [0, 0.1) is 0 Å². The third-order valence-corrected chi connectivity index (χ3v) is 7.63. The van der Waals surface area contributed by atoms with Gasteiger partial charge in [0.1, 0.15) is 24.1 Å². The Bertz CT molecular complexity index is 1320. The number of rotatable bonds is 12. The van der Waals surface area contributed by atoms with Gasteiger partial charge in [0.05, 0.1) is 24.8 Å². The summed E-state index contributed by atoms with van der Waals surface area (Å²) in [6.45, 7) is 1.34. The van der Waals surface area contributed by atoms with Gasteiger partial charge in [-0.3, -0.25) is 14.9 Å². The van der Waals surface area contributed by atoms with E-state index in [9.17, 15) is 19.8 Å². The number of carboxylic acid groups (broad SMARTS) is 1. The Morgan fingerprint density at radius 2 is 1.77 bits per heavy atom. The second kappa shape index (κ2) is 14.5. The van der Waals surface area contributed by atoms with E-state index < -0.39 is 18.6 Å². The number of aliphatic hydroxyl groups is 1. The van der Waals surface area contributed by atoms with Crippen molar-refractivity contribution in [1.82, 2.24) is 10.2 Å². The maximum atomic E-state index is 12.7. The molecule has 0 saturated carbocycles. The first-order chi connectivity index (χ1) is 19.4. The van der Waals surface area contributed by atoms with Crippen molar-refractivity contribution in [1.29, 1.82) is 0 Å². The number of nitrogens with one attached hydrogen (secondary N) is 1. The molecule has 3 aromatic rings. The smallest absolute Gasteiger partial charge is 0.323 e. The van der Waals surface area contributed by atoms with Crippen molar-refractivity contribution in [3.8, 4) is 22.6 Å². The molecule has 1 aliphatic rings. The fourth-order valence-electron chi connectivity index (χ4n) is 4.15. The normalized spacial score (nSPS) is 14.0. The van der Waals surface area contributed by atoms with Crippen molar-refractivity contribution >= 4 is 39.4 Å². The number of halogens is 2. The van der Waals surface area contributed by atoms with E-state index in [1.165, 1.54) is 0 Å². The lowest BCUT2D eigenvalue weighted by molar-refractivity contribution is -0.140. The molecule has 0 spiro atoms. The molecule has 1 amide bonds. The molecule has 0 bridgehead atoms. The van der Waals surface area contributed by atoms with Gasteiger partial charge in [-0.25, -0.2) is 0 Å². The van der Waals surface area contributed by atoms with Gasteiger partial charge >= 0.3 is 5.97 Å². The minimum atomic E-state index is -1.19. The number of morpholine rings is 1. The lowest BCUT2D eigenvalue weighted by atomic mass is 10.0. The summed E-state index contributed by atoms with van der Waals surface area (Å²) >= 11 is 10.3. The summed E-state index contributed by atoms with van der Waals surface area (Å²) in [5.41, 5.74) is 3.51. The Morgan fingerprint density at radius 1 is 1.02 bits per heavy atom. The van der Waals surface area contributed by atoms with Crippen LogP contribution in [0.25, 0.3) is 11.1 Å². The van der Waals surface area contributed by atoms with Crippen molar-refractivity contribution in [2.24, 2.45) is 0 Å². The number of amides is 1. The molecule has 0 aliphatic carbocycles. The number of ether oxygens (including phenoxy) is 3. The zero-order valence-corrected chi connectivity index (χ0v) is 24.0. The first kappa shape index (κ1) is 29.8. The van der Waals surface area contributed by atoms with Crippen LogP contribution in [0.2, 0.25) is 5.02 Å². The van der Waals surface area contributed by atoms with Crippen molar-refractivity contribution in [2.75, 3.05) is 39.5 Å². The van der Waals surface area contributed by atoms with Crippen LogP contribution in [0.5, 0.6) is 11.5 Å². The maximum absolute atomic E-state index is 12.7. The highest BCUT2D eigenvalue weighted by molar-refractivity contribution is 9.10. The number of carboxylic acids is 1. The molecule has 3 aromatic carbocycles. The predicted octanol–water partition coefficient (Wildman–Crippen LogP) is 4.12. The van der Waals surface area contributed by atoms with Crippen LogP contribution in [0.1, 0.15) is 11.1 Å². The topological polar surface area (TPSA) is 118 Å². The number of aliphatic hydroxyl groups excluding tert-OH is 1. The van der Waals surface area contributed by atoms with Crippen molar-refractivity contribution in [2.45, 2.75) is 19.2 Å². The molecule has 0 radical (unpaired) electrons. The Morgan fingerprint density at radius 3 is 2.48 bits per heavy atom. The van der Waals surface area contributed by atoms with Gasteiger partial charge in [0.25, 0.3) is 5.91 Å². The summed E-state index contributed by atoms with van der Waals surface area (Å²) in [4.78, 5) is 25.7. The molecular formula is C29H30BrClN2O7. The molecule has 0 aromatic heterocycles. The van der Waals surface area contributed by atoms with E-state index in [0.29, 0.717) is 43.4 Å². The molecular weight excluding hydrogens is 604 g/mol. The van der Waals surface area contributed by atoms with Crippen LogP contribution >= 0.6 is 27.5 Å². The Hall–Kier alpha value is -3.15. The molecule has 1 unspecified atom stereocenters. The van der Waals surface area contributed by atoms with Crippen LogP contribution in [0.3, 0.4) is 0 Å². The molecule has 1 heterocycles. The number of nitrogens with zero attached hydrogens (tertiary/aromatic N) is 1. The van der Waals surface area contributed by atoms with E-state index in [1.54, 1.807) is 17.0 Å². The second-order valence-electron chi connectivity index (χ2n) is 9.06. The summed E-state index contributed by atoms with van der Waals surface area (Å²) in [6, 6.07) is 17.9. The number of carbonyl (C=O) groups is 2. The van der Waals surface area contributed by atoms with Crippen LogP contribution in [-0.4, -0.2) is 72.5 Å². The van der Waals surface area contributed by atoms with Crippen LogP contribution in [-0.2, 0) is 27.5 Å². The molecule has 3 N–H and O–H groups in total. The zero-order chi connectivity index (χ0) is 28.5. The van der Waals surface area contributed by atoms with Gasteiger partial charge in [-0.05, 0) is 33.1 Å². The zero-order valence-electron chi connectivity index (χ0n) is 21.6. The Kier molecular flexibility index (Phi) is 10.8. The minimum absolute atomic E-state index is 0.0310. The third kappa shape index (κ3) is 7.74. The first-order valence-electron chi connectivity index (χ1n) is 12.7. The van der Waals surface area contributed by atoms with Crippen molar-refractivity contribution < 1.29 is 34.0 Å². The number of hydrogen-bond donors (Lipinski definition) is 3. The molecule has 212 valence electrons. The molecule has 40 heavy (non-hydrogen) atoms. The lowest BCUT2D eigenvalue weighted by Gasteiger charge is -2.27. The predicted molar refractivity (Wildman–Crippen MR) is 154 cm³/mol. The Labute approximate surface area is 245 Å². The van der Waals surface area contributed by atoms with E-state index >= 15 is 0 Å². The molecule has 1 atom stereocenters. The first-order valence-corrected chi connectivity index (χ1v) is 13.9. The maximum Gasteiger partial charge on any atom is 0.323 e. The van der Waals surface area contributed by atoms with E-state index in [0.717, 1.165) is 21.2 Å². The summed E-state index contributed by atoms with van der Waals surface area (Å²) in [5, 5.41) is 21.7. The van der Waals surface area contributed by atoms with Gasteiger partial charge in [-0.1, -0.05) is 60.1 Å². The standard InChI is InChI=1S/C29H30BrClN2O7/c30-28-20(7-4-8-22(28)19-5-2-1-3-6-19)17-39-26-14-25(40-18-27(35)33-9-11-38-12-10-33)21(13-23(26)31)15-32-24(16-34)29(36)37/h1-8,13-14,24,32,34H,9-12,15-18H2,(H,36,37). The lowest BCUT2D eigenvalue weighted by Crippen LogP contribution is -2.43. The van der Waals surface area contributed by atoms with Gasteiger partial charge in [0.2, 0.25) is 0 Å². The summed E-state index contributed by atoms with van der Waals surface area (Å²) < 4.78 is 18.2. The molecule has 1 aliphatic heterocycles. The molecule has 4 rings (SSSR count). The quantitative estimate of drug-likeness (QED) is 0.273. The summed E-state index contributed by atoms with van der Waals surface area (Å²) in [6.07, 6.45) is 0. The van der Waals surface area contributed by atoms with E-state index in [1.807, 2.05) is 48.5 Å². The van der Waals surface area contributed by atoms with E-state index in [-0.39, 0.29) is 30.7 Å². The largest absolute Gasteiger partial charge is 0.487 e. The highest BCUT2D eigenvalue weighted by Gasteiger charge is 2.21. The second-order valence-corrected chi connectivity index (χ2v) is 10.3. The SMILES string of the molecule is O=C(O)C(CO)NCc1cc(Cl)c(OCc2cccc(-c3ccccc3)c2Br)cc1OCC(=O)N1CCOCC1. The van der Waals surface area contributed by atoms with Crippen LogP contribution in [0.4, 0.5) is 0 Å². The van der Waals surface area contributed by atoms with E-state index in [2.05, 4.69) is 21.2 Å². The molecule has 1 fully saturated rings. The Balaban J connectivity index is 1.53. The highest BCUT2D eigenvalue weighted by Crippen LogP contribution is 2.36. The minimum Gasteiger partial charge on any atom is -0.487 e. The number of aliphatic carboxylic acids is 1. The van der Waals surface area contributed by atoms with Gasteiger partial charge < -0.3 is 29.3 Å². The number of hydrogen-bond acceptors (Lipinski definition) is 7. The van der Waals surface area contributed by atoms with E-state index in [4.69, 9.17) is 25.8 Å². The fourth-order valence-corrected chi connectivity index (χ4v) is 5.00. The van der Waals surface area contributed by atoms with Crippen molar-refractivity contribution in [3.63, 3.8) is 0 Å². The van der Waals surface area contributed by atoms with Gasteiger partial charge in [-0.15, -0.1) is 0 Å². The molecule has 11 heteroatoms. The molecule has 1 saturated heterocycles. The summed E-state index contributed by atoms with van der Waals surface area (Å²) in [7, 11) is 0. The average Bonchev–Trinajstić information content (AvgIpc) is 2.97. The number of carbonyl (C=O) groups excluding carboxylic acids is 1. The highest BCUT2D eigenvalue weighted by atomic mass is 79.9. The van der Waals surface area contributed by atoms with Crippen LogP contribution in [0.15, 0.2) is 65.1 Å². The van der Waals surface area contributed by atoms with Gasteiger partial charge in [-0.2, -0.15) is 0 Å². The van der Waals surface area contributed by atoms with Crippen molar-refractivity contribution in [3.05, 3.63) is 81.3 Å². The van der Waals surface area contributed by atoms with Crippen LogP contribution < -0.4 is 14.8 Å². The molecule has 9 nitrogen and oxygen atoms in total. The van der Waals surface area contributed by atoms with Gasteiger partial charge in [0.15, 0.2) is 6.61 Å². The monoisotopic (exact) mass is 632 g/mol. The third-order valence-electron chi connectivity index (χ3n) is 6.40. The fraction of sp³-hybridized carbons (Fsp3) is 0.310. The number of benzene rings is 3. The van der Waals surface area contributed by atoms with Gasteiger partial charge in [0, 0.05) is 41.3 Å². The average molecular weight is 634 g/mol. The summed E-state index contributed by atoms with van der Waals surface area (Å²) in [5.74, 6) is -0.734.